The van der Waals surface area contributed by atoms with Crippen molar-refractivity contribution in [2.45, 2.75) is 102 Å². The molecule has 0 bridgehead atoms. The van der Waals surface area contributed by atoms with Gasteiger partial charge in [-0.3, -0.25) is 0 Å². The lowest BCUT2D eigenvalue weighted by atomic mass is 9.90. The molecule has 0 radical (unpaired) electrons. The van der Waals surface area contributed by atoms with Gasteiger partial charge in [-0.05, 0) is 104 Å². The first-order valence-electron chi connectivity index (χ1n) is 14.6. The molecule has 2 aromatic rings. The smallest absolute Gasteiger partial charge is 0.224 e. The lowest BCUT2D eigenvalue weighted by molar-refractivity contribution is 0.108. The molecule has 2 aliphatic heterocycles. The van der Waals surface area contributed by atoms with Crippen molar-refractivity contribution in [3.8, 4) is 0 Å². The number of anilines is 1. The summed E-state index contributed by atoms with van der Waals surface area (Å²) in [7, 11) is 2.25. The number of rotatable bonds is 8. The molecule has 5 rings (SSSR count). The number of nitrogens with one attached hydrogen (secondary N) is 1. The Morgan fingerprint density at radius 3 is 2.44 bits per heavy atom. The molecule has 3 fully saturated rings. The largest absolute Gasteiger partial charge is 0.393 e. The zero-order chi connectivity index (χ0) is 25.1. The molecule has 4 heterocycles. The van der Waals surface area contributed by atoms with Crippen LogP contribution in [0.2, 0.25) is 0 Å². The summed E-state index contributed by atoms with van der Waals surface area (Å²) in [6.45, 7) is 10.5. The number of aromatic nitrogens is 4. The second kappa shape index (κ2) is 11.7. The molecule has 3 aliphatic rings. The number of aliphatic hydroxyl groups excluding tert-OH is 1. The molecule has 8 heteroatoms. The molecule has 36 heavy (non-hydrogen) atoms. The van der Waals surface area contributed by atoms with Crippen LogP contribution in [0.1, 0.15) is 95.7 Å². The van der Waals surface area contributed by atoms with Gasteiger partial charge in [0.05, 0.1) is 23.2 Å². The van der Waals surface area contributed by atoms with Gasteiger partial charge in [-0.15, -0.1) is 0 Å². The monoisotopic (exact) mass is 497 g/mol. The molecule has 0 spiro atoms. The number of nitrogens with zero attached hydrogens (tertiary/aromatic N) is 6. The predicted molar refractivity (Wildman–Crippen MR) is 145 cm³/mol. The van der Waals surface area contributed by atoms with E-state index in [4.69, 9.17) is 15.1 Å². The van der Waals surface area contributed by atoms with Crippen molar-refractivity contribution in [1.29, 1.82) is 0 Å². The molecular formula is C28H47N7O. The summed E-state index contributed by atoms with van der Waals surface area (Å²) in [5, 5.41) is 19.9. The molecule has 1 aliphatic carbocycles. The Labute approximate surface area is 216 Å². The van der Waals surface area contributed by atoms with E-state index in [1.165, 1.54) is 38.2 Å². The van der Waals surface area contributed by atoms with E-state index >= 15 is 0 Å². The van der Waals surface area contributed by atoms with Crippen molar-refractivity contribution in [1.82, 2.24) is 29.5 Å². The Hall–Kier alpha value is -1.77. The Kier molecular flexibility index (Phi) is 8.43. The maximum absolute atomic E-state index is 10.1. The molecule has 2 aromatic heterocycles. The minimum Gasteiger partial charge on any atom is -0.393 e. The molecule has 1 saturated carbocycles. The molecule has 8 nitrogen and oxygen atoms in total. The first-order chi connectivity index (χ1) is 17.5. The van der Waals surface area contributed by atoms with Crippen LogP contribution in [0, 0.1) is 5.92 Å². The van der Waals surface area contributed by atoms with Gasteiger partial charge in [0, 0.05) is 24.7 Å². The number of hydrogen-bond donors (Lipinski definition) is 2. The second-order valence-corrected chi connectivity index (χ2v) is 11.9. The molecule has 0 unspecified atom stereocenters. The highest BCUT2D eigenvalue weighted by Crippen LogP contribution is 2.36. The van der Waals surface area contributed by atoms with E-state index in [1.54, 1.807) is 0 Å². The average Bonchev–Trinajstić information content (AvgIpc) is 3.25. The van der Waals surface area contributed by atoms with Crippen LogP contribution in [0.4, 0.5) is 5.95 Å². The van der Waals surface area contributed by atoms with Crippen molar-refractivity contribution < 1.29 is 5.11 Å². The first-order valence-corrected chi connectivity index (χ1v) is 14.6. The molecule has 2 N–H and O–H groups in total. The Balaban J connectivity index is 1.32. The van der Waals surface area contributed by atoms with Crippen molar-refractivity contribution in [3.63, 3.8) is 0 Å². The highest BCUT2D eigenvalue weighted by Gasteiger charge is 2.30. The summed E-state index contributed by atoms with van der Waals surface area (Å²) >= 11 is 0. The van der Waals surface area contributed by atoms with Crippen LogP contribution in [0.15, 0.2) is 6.20 Å². The van der Waals surface area contributed by atoms with Crippen molar-refractivity contribution >= 4 is 17.0 Å². The number of aliphatic hydroxyl groups is 1. The first kappa shape index (κ1) is 25.9. The maximum Gasteiger partial charge on any atom is 0.224 e. The van der Waals surface area contributed by atoms with Gasteiger partial charge in [-0.1, -0.05) is 13.3 Å². The van der Waals surface area contributed by atoms with Gasteiger partial charge in [0.1, 0.15) is 0 Å². The average molecular weight is 498 g/mol. The lowest BCUT2D eigenvalue weighted by Gasteiger charge is -2.36. The standard InChI is InChI=1S/C28H47N7O/c1-4-5-20(2)30-28-29-18-25-26(32-35(27(25)31-28)23-6-8-24(36)9-7-23)22-12-16-34(17-13-22)19-21-10-14-33(3)15-11-21/h18,20-24,36H,4-17,19H2,1-3H3,(H,29,30,31)/t20-,23?,24?/m0/s1. The summed E-state index contributed by atoms with van der Waals surface area (Å²) in [4.78, 5) is 14.9. The highest BCUT2D eigenvalue weighted by molar-refractivity contribution is 5.79. The van der Waals surface area contributed by atoms with E-state index in [9.17, 15) is 5.11 Å². The number of hydrogen-bond acceptors (Lipinski definition) is 7. The third-order valence-electron chi connectivity index (χ3n) is 8.92. The quantitative estimate of drug-likeness (QED) is 0.558. The molecule has 1 atom stereocenters. The number of likely N-dealkylation sites (tertiary alicyclic amines) is 2. The fourth-order valence-electron chi connectivity index (χ4n) is 6.60. The van der Waals surface area contributed by atoms with Gasteiger partial charge >= 0.3 is 0 Å². The second-order valence-electron chi connectivity index (χ2n) is 11.9. The number of fused-ring (bicyclic) bond motifs is 1. The van der Waals surface area contributed by atoms with Gasteiger partial charge in [0.25, 0.3) is 0 Å². The Morgan fingerprint density at radius 1 is 1.03 bits per heavy atom. The molecule has 0 aromatic carbocycles. The van der Waals surface area contributed by atoms with Gasteiger partial charge in [-0.25, -0.2) is 9.67 Å². The van der Waals surface area contributed by atoms with Crippen LogP contribution >= 0.6 is 0 Å². The van der Waals surface area contributed by atoms with Crippen LogP contribution in [0.3, 0.4) is 0 Å². The van der Waals surface area contributed by atoms with Crippen molar-refractivity contribution in [2.75, 3.05) is 45.1 Å². The van der Waals surface area contributed by atoms with E-state index in [0.717, 1.165) is 81.4 Å². The minimum atomic E-state index is -0.168. The summed E-state index contributed by atoms with van der Waals surface area (Å²) in [6.07, 6.45) is 12.7. The zero-order valence-corrected chi connectivity index (χ0v) is 22.7. The third kappa shape index (κ3) is 6.03. The van der Waals surface area contributed by atoms with E-state index < -0.39 is 0 Å². The predicted octanol–water partition coefficient (Wildman–Crippen LogP) is 4.42. The number of piperidine rings is 2. The molecular weight excluding hydrogens is 450 g/mol. The highest BCUT2D eigenvalue weighted by atomic mass is 16.3. The fraction of sp³-hybridized carbons (Fsp3) is 0.821. The van der Waals surface area contributed by atoms with Gasteiger partial charge in [0.15, 0.2) is 5.65 Å². The van der Waals surface area contributed by atoms with Crippen LogP contribution in [-0.2, 0) is 0 Å². The Morgan fingerprint density at radius 2 is 1.75 bits per heavy atom. The van der Waals surface area contributed by atoms with Crippen LogP contribution < -0.4 is 5.32 Å². The van der Waals surface area contributed by atoms with E-state index in [-0.39, 0.29) is 6.10 Å². The molecule has 2 saturated heterocycles. The van der Waals surface area contributed by atoms with Gasteiger partial charge < -0.3 is 20.2 Å². The third-order valence-corrected chi connectivity index (χ3v) is 8.92. The fourth-order valence-corrected chi connectivity index (χ4v) is 6.60. The minimum absolute atomic E-state index is 0.168. The zero-order valence-electron chi connectivity index (χ0n) is 22.7. The maximum atomic E-state index is 10.1. The SMILES string of the molecule is CCC[C@H](C)Nc1ncc2c(C3CCN(CC4CCN(C)CC4)CC3)nn(C3CCC(O)CC3)c2n1. The van der Waals surface area contributed by atoms with Crippen LogP contribution in [-0.4, -0.2) is 86.6 Å². The Bertz CT molecular complexity index is 970. The van der Waals surface area contributed by atoms with E-state index in [0.29, 0.717) is 23.9 Å². The van der Waals surface area contributed by atoms with Crippen molar-refractivity contribution in [3.05, 3.63) is 11.9 Å². The van der Waals surface area contributed by atoms with E-state index in [1.807, 2.05) is 6.20 Å². The summed E-state index contributed by atoms with van der Waals surface area (Å²) in [5.41, 5.74) is 2.17. The lowest BCUT2D eigenvalue weighted by Crippen LogP contribution is -2.40. The van der Waals surface area contributed by atoms with Gasteiger partial charge in [0.2, 0.25) is 5.95 Å². The summed E-state index contributed by atoms with van der Waals surface area (Å²) in [6, 6.07) is 0.659. The van der Waals surface area contributed by atoms with E-state index in [2.05, 4.69) is 40.7 Å². The van der Waals surface area contributed by atoms with Gasteiger partial charge in [-0.2, -0.15) is 10.1 Å². The topological polar surface area (TPSA) is 82.3 Å². The molecule has 0 amide bonds. The normalized spacial score (nSPS) is 26.4. The van der Waals surface area contributed by atoms with Crippen LogP contribution in [0.25, 0.3) is 11.0 Å². The molecule has 200 valence electrons. The summed E-state index contributed by atoms with van der Waals surface area (Å²) in [5.74, 6) is 2.03. The summed E-state index contributed by atoms with van der Waals surface area (Å²) < 4.78 is 2.19. The van der Waals surface area contributed by atoms with Crippen molar-refractivity contribution in [2.24, 2.45) is 5.92 Å². The van der Waals surface area contributed by atoms with Crippen LogP contribution in [0.5, 0.6) is 0 Å².